The van der Waals surface area contributed by atoms with E-state index in [4.69, 9.17) is 5.11 Å². The lowest BCUT2D eigenvalue weighted by Gasteiger charge is -2.35. The lowest BCUT2D eigenvalue weighted by molar-refractivity contribution is 0.137. The Morgan fingerprint density at radius 2 is 1.85 bits per heavy atom. The molecule has 1 aliphatic heterocycles. The molecule has 2 rings (SSSR count). The number of piperazine rings is 1. The van der Waals surface area contributed by atoms with Gasteiger partial charge in [-0.3, -0.25) is 4.90 Å². The molecule has 1 saturated heterocycles. The van der Waals surface area contributed by atoms with E-state index in [0.717, 1.165) is 19.2 Å². The summed E-state index contributed by atoms with van der Waals surface area (Å²) in [5.74, 6) is -3.02. The summed E-state index contributed by atoms with van der Waals surface area (Å²) in [7, 11) is 0. The van der Waals surface area contributed by atoms with Crippen LogP contribution in [0.1, 0.15) is 18.0 Å². The molecule has 0 unspecified atom stereocenters. The average molecular weight is 311 g/mol. The van der Waals surface area contributed by atoms with Crippen LogP contribution in [0.2, 0.25) is 0 Å². The first-order chi connectivity index (χ1) is 9.13. The highest BCUT2D eigenvalue weighted by Gasteiger charge is 2.26. The van der Waals surface area contributed by atoms with Crippen molar-refractivity contribution in [2.45, 2.75) is 12.5 Å². The largest absolute Gasteiger partial charge is 0.396 e. The summed E-state index contributed by atoms with van der Waals surface area (Å²) in [6.07, 6.45) is 0.250. The molecule has 1 fully saturated rings. The standard InChI is InChI=1S/C13H17F3N2O.ClH/c14-9-7-10(13(16)11(15)8-9)12(1-6-19)18-4-2-17-3-5-18;/h7-8,12,17,19H,1-6H2;1H/t12-;/m0./s1. The Hall–Kier alpha value is -0.820. The van der Waals surface area contributed by atoms with Gasteiger partial charge in [0.15, 0.2) is 11.6 Å². The Balaban J connectivity index is 0.00000200. The maximum atomic E-state index is 13.8. The SMILES string of the molecule is Cl.OCC[C@@H](c1cc(F)cc(F)c1F)N1CCNCC1. The van der Waals surface area contributed by atoms with Crippen LogP contribution >= 0.6 is 12.4 Å². The topological polar surface area (TPSA) is 35.5 Å². The maximum Gasteiger partial charge on any atom is 0.163 e. The van der Waals surface area contributed by atoms with Crippen LogP contribution in [0, 0.1) is 17.5 Å². The second-order valence-electron chi connectivity index (χ2n) is 4.60. The number of nitrogens with one attached hydrogen (secondary N) is 1. The van der Waals surface area contributed by atoms with E-state index in [1.807, 2.05) is 4.90 Å². The van der Waals surface area contributed by atoms with Crippen molar-refractivity contribution < 1.29 is 18.3 Å². The van der Waals surface area contributed by atoms with Gasteiger partial charge < -0.3 is 10.4 Å². The summed E-state index contributed by atoms with van der Waals surface area (Å²) in [4.78, 5) is 1.93. The summed E-state index contributed by atoms with van der Waals surface area (Å²) in [6, 6.07) is 1.05. The minimum Gasteiger partial charge on any atom is -0.396 e. The number of aliphatic hydroxyl groups is 1. The molecule has 0 amide bonds. The molecular weight excluding hydrogens is 293 g/mol. The van der Waals surface area contributed by atoms with E-state index in [2.05, 4.69) is 5.32 Å². The van der Waals surface area contributed by atoms with E-state index in [1.165, 1.54) is 0 Å². The van der Waals surface area contributed by atoms with E-state index < -0.39 is 23.5 Å². The van der Waals surface area contributed by atoms with Gasteiger partial charge in [-0.1, -0.05) is 0 Å². The van der Waals surface area contributed by atoms with Crippen LogP contribution in [-0.2, 0) is 0 Å². The minimum absolute atomic E-state index is 0. The molecule has 20 heavy (non-hydrogen) atoms. The number of rotatable bonds is 4. The summed E-state index contributed by atoms with van der Waals surface area (Å²) in [6.45, 7) is 2.62. The van der Waals surface area contributed by atoms with Gasteiger partial charge in [0, 0.05) is 50.5 Å². The Bertz CT molecular complexity index is 442. The minimum atomic E-state index is -1.19. The fraction of sp³-hybridized carbons (Fsp3) is 0.538. The molecule has 3 nitrogen and oxygen atoms in total. The van der Waals surface area contributed by atoms with Gasteiger partial charge in [-0.2, -0.15) is 0 Å². The van der Waals surface area contributed by atoms with Crippen molar-refractivity contribution >= 4 is 12.4 Å². The number of aliphatic hydroxyl groups excluding tert-OH is 1. The third kappa shape index (κ3) is 3.85. The zero-order valence-electron chi connectivity index (χ0n) is 10.9. The van der Waals surface area contributed by atoms with Gasteiger partial charge in [0.25, 0.3) is 0 Å². The summed E-state index contributed by atoms with van der Waals surface area (Å²) >= 11 is 0. The normalized spacial score (nSPS) is 17.6. The molecule has 0 saturated carbocycles. The van der Waals surface area contributed by atoms with E-state index in [9.17, 15) is 13.2 Å². The third-order valence-electron chi connectivity index (χ3n) is 3.38. The fourth-order valence-corrected chi connectivity index (χ4v) is 2.47. The van der Waals surface area contributed by atoms with Gasteiger partial charge in [0.2, 0.25) is 0 Å². The molecule has 1 aromatic rings. The summed E-state index contributed by atoms with van der Waals surface area (Å²) in [5, 5.41) is 12.3. The predicted octanol–water partition coefficient (Wildman–Crippen LogP) is 1.85. The molecule has 114 valence electrons. The van der Waals surface area contributed by atoms with Gasteiger partial charge in [-0.15, -0.1) is 12.4 Å². The van der Waals surface area contributed by atoms with Crippen molar-refractivity contribution in [1.82, 2.24) is 10.2 Å². The highest BCUT2D eigenvalue weighted by atomic mass is 35.5. The Morgan fingerprint density at radius 1 is 1.20 bits per heavy atom. The van der Waals surface area contributed by atoms with Crippen molar-refractivity contribution in [3.05, 3.63) is 35.1 Å². The first-order valence-electron chi connectivity index (χ1n) is 6.33. The molecule has 1 aromatic carbocycles. The van der Waals surface area contributed by atoms with E-state index in [-0.39, 0.29) is 31.0 Å². The van der Waals surface area contributed by atoms with Crippen LogP contribution in [0.5, 0.6) is 0 Å². The molecular formula is C13H18ClF3N2O. The Kier molecular flexibility index (Phi) is 6.75. The van der Waals surface area contributed by atoms with Crippen molar-refractivity contribution in [2.24, 2.45) is 0 Å². The smallest absolute Gasteiger partial charge is 0.163 e. The second-order valence-corrected chi connectivity index (χ2v) is 4.60. The van der Waals surface area contributed by atoms with Crippen LogP contribution in [0.4, 0.5) is 13.2 Å². The molecule has 2 N–H and O–H groups in total. The molecule has 1 heterocycles. The molecule has 7 heteroatoms. The van der Waals surface area contributed by atoms with Gasteiger partial charge in [-0.05, 0) is 12.5 Å². The highest BCUT2D eigenvalue weighted by molar-refractivity contribution is 5.85. The van der Waals surface area contributed by atoms with Crippen molar-refractivity contribution in [2.75, 3.05) is 32.8 Å². The van der Waals surface area contributed by atoms with Gasteiger partial charge in [-0.25, -0.2) is 13.2 Å². The third-order valence-corrected chi connectivity index (χ3v) is 3.38. The van der Waals surface area contributed by atoms with Gasteiger partial charge in [0.05, 0.1) is 0 Å². The lowest BCUT2D eigenvalue weighted by atomic mass is 10.0. The monoisotopic (exact) mass is 310 g/mol. The quantitative estimate of drug-likeness (QED) is 0.833. The Morgan fingerprint density at radius 3 is 2.45 bits per heavy atom. The van der Waals surface area contributed by atoms with Crippen molar-refractivity contribution in [3.8, 4) is 0 Å². The molecule has 1 aliphatic rings. The first-order valence-corrected chi connectivity index (χ1v) is 6.33. The zero-order chi connectivity index (χ0) is 13.8. The lowest BCUT2D eigenvalue weighted by Crippen LogP contribution is -2.45. The fourth-order valence-electron chi connectivity index (χ4n) is 2.47. The number of benzene rings is 1. The van der Waals surface area contributed by atoms with Crippen LogP contribution in [0.25, 0.3) is 0 Å². The molecule has 0 radical (unpaired) electrons. The molecule has 0 spiro atoms. The number of hydrogen-bond acceptors (Lipinski definition) is 3. The van der Waals surface area contributed by atoms with Crippen molar-refractivity contribution in [3.63, 3.8) is 0 Å². The first kappa shape index (κ1) is 17.2. The Labute approximate surface area is 122 Å². The van der Waals surface area contributed by atoms with Crippen LogP contribution in [-0.4, -0.2) is 42.8 Å². The van der Waals surface area contributed by atoms with Crippen LogP contribution in [0.15, 0.2) is 12.1 Å². The molecule has 1 atom stereocenters. The molecule has 0 aliphatic carbocycles. The molecule has 0 bridgehead atoms. The number of nitrogens with zero attached hydrogens (tertiary/aromatic N) is 1. The maximum absolute atomic E-state index is 13.8. The summed E-state index contributed by atoms with van der Waals surface area (Å²) in [5.41, 5.74) is -0.0200. The predicted molar refractivity (Wildman–Crippen MR) is 72.5 cm³/mol. The van der Waals surface area contributed by atoms with E-state index in [0.29, 0.717) is 19.2 Å². The van der Waals surface area contributed by atoms with E-state index >= 15 is 0 Å². The average Bonchev–Trinajstić information content (AvgIpc) is 2.41. The van der Waals surface area contributed by atoms with Gasteiger partial charge >= 0.3 is 0 Å². The van der Waals surface area contributed by atoms with Crippen LogP contribution in [0.3, 0.4) is 0 Å². The van der Waals surface area contributed by atoms with Crippen molar-refractivity contribution in [1.29, 1.82) is 0 Å². The highest BCUT2D eigenvalue weighted by Crippen LogP contribution is 2.28. The van der Waals surface area contributed by atoms with Gasteiger partial charge in [0.1, 0.15) is 5.82 Å². The number of halogens is 4. The number of hydrogen-bond donors (Lipinski definition) is 2. The second kappa shape index (κ2) is 7.83. The zero-order valence-corrected chi connectivity index (χ0v) is 11.7. The summed E-state index contributed by atoms with van der Waals surface area (Å²) < 4.78 is 40.4. The van der Waals surface area contributed by atoms with Crippen LogP contribution < -0.4 is 5.32 Å². The molecule has 0 aromatic heterocycles. The van der Waals surface area contributed by atoms with E-state index in [1.54, 1.807) is 0 Å².